The molecule has 6 heteroatoms. The summed E-state index contributed by atoms with van der Waals surface area (Å²) in [5, 5.41) is 2.75. The maximum absolute atomic E-state index is 12.1. The van der Waals surface area contributed by atoms with Crippen molar-refractivity contribution in [1.82, 2.24) is 15.1 Å². The van der Waals surface area contributed by atoms with Gasteiger partial charge in [-0.15, -0.1) is 0 Å². The first-order valence-corrected chi connectivity index (χ1v) is 8.73. The minimum absolute atomic E-state index is 0.165. The number of nitrogens with one attached hydrogen (secondary N) is 1. The van der Waals surface area contributed by atoms with Crippen LogP contribution in [0.25, 0.3) is 0 Å². The predicted molar refractivity (Wildman–Crippen MR) is 89.2 cm³/mol. The van der Waals surface area contributed by atoms with E-state index < -0.39 is 5.60 Å². The van der Waals surface area contributed by atoms with E-state index in [0.717, 1.165) is 51.9 Å². The summed E-state index contributed by atoms with van der Waals surface area (Å²) in [7, 11) is 1.71. The largest absolute Gasteiger partial charge is 0.444 e. The number of nitrogens with zero attached hydrogens (tertiary/aromatic N) is 2. The summed E-state index contributed by atoms with van der Waals surface area (Å²) in [6.07, 6.45) is 3.65. The molecule has 0 bridgehead atoms. The second kappa shape index (κ2) is 7.51. The Labute approximate surface area is 139 Å². The third kappa shape index (κ3) is 5.09. The van der Waals surface area contributed by atoms with Gasteiger partial charge in [0.05, 0.1) is 0 Å². The van der Waals surface area contributed by atoms with E-state index in [4.69, 9.17) is 4.74 Å². The lowest BCUT2D eigenvalue weighted by atomic mass is 9.93. The van der Waals surface area contributed by atoms with Crippen LogP contribution in [-0.2, 0) is 9.53 Å². The van der Waals surface area contributed by atoms with Crippen LogP contribution in [-0.4, -0.2) is 66.7 Å². The first kappa shape index (κ1) is 18.0. The Morgan fingerprint density at radius 3 is 2.04 bits per heavy atom. The first-order chi connectivity index (χ1) is 10.8. The fraction of sp³-hybridized carbons (Fsp3) is 0.882. The molecule has 2 amide bonds. The van der Waals surface area contributed by atoms with E-state index in [1.807, 2.05) is 25.7 Å². The van der Waals surface area contributed by atoms with Gasteiger partial charge in [-0.2, -0.15) is 0 Å². The van der Waals surface area contributed by atoms with Crippen molar-refractivity contribution in [1.29, 1.82) is 0 Å². The average Bonchev–Trinajstić information content (AvgIpc) is 2.53. The van der Waals surface area contributed by atoms with Crippen LogP contribution in [0.5, 0.6) is 0 Å². The minimum Gasteiger partial charge on any atom is -0.444 e. The van der Waals surface area contributed by atoms with E-state index in [-0.39, 0.29) is 17.9 Å². The fourth-order valence-electron chi connectivity index (χ4n) is 3.47. The van der Waals surface area contributed by atoms with Gasteiger partial charge in [-0.05, 0) is 59.5 Å². The number of carbonyl (C=O) groups is 2. The van der Waals surface area contributed by atoms with Gasteiger partial charge in [0.15, 0.2) is 0 Å². The third-order valence-corrected chi connectivity index (χ3v) is 4.78. The monoisotopic (exact) mass is 325 g/mol. The zero-order valence-electron chi connectivity index (χ0n) is 14.9. The molecule has 23 heavy (non-hydrogen) atoms. The van der Waals surface area contributed by atoms with E-state index in [2.05, 4.69) is 10.2 Å². The number of hydrogen-bond donors (Lipinski definition) is 1. The molecular weight excluding hydrogens is 294 g/mol. The third-order valence-electron chi connectivity index (χ3n) is 4.78. The molecule has 6 nitrogen and oxygen atoms in total. The van der Waals surface area contributed by atoms with Gasteiger partial charge in [0.25, 0.3) is 0 Å². The van der Waals surface area contributed by atoms with E-state index >= 15 is 0 Å². The number of piperidine rings is 2. The summed E-state index contributed by atoms with van der Waals surface area (Å²) in [6, 6.07) is 0.527. The van der Waals surface area contributed by atoms with E-state index in [1.54, 1.807) is 7.05 Å². The zero-order valence-corrected chi connectivity index (χ0v) is 14.9. The maximum Gasteiger partial charge on any atom is 0.410 e. The molecule has 0 aromatic heterocycles. The standard InChI is InChI=1S/C17H31N3O3/c1-17(2,3)23-16(22)20-11-7-14(8-12-20)19-9-5-13(6-10-19)15(21)18-4/h13-14H,5-12H2,1-4H3,(H,18,21). The molecule has 0 atom stereocenters. The summed E-state index contributed by atoms with van der Waals surface area (Å²) < 4.78 is 5.44. The van der Waals surface area contributed by atoms with E-state index in [0.29, 0.717) is 6.04 Å². The van der Waals surface area contributed by atoms with Crippen LogP contribution in [0.1, 0.15) is 46.5 Å². The van der Waals surface area contributed by atoms with Gasteiger partial charge in [0.1, 0.15) is 5.60 Å². The number of amides is 2. The number of ether oxygens (including phenoxy) is 1. The highest BCUT2D eigenvalue weighted by Crippen LogP contribution is 2.24. The fourth-order valence-corrected chi connectivity index (χ4v) is 3.47. The number of likely N-dealkylation sites (tertiary alicyclic amines) is 2. The summed E-state index contributed by atoms with van der Waals surface area (Å²) in [4.78, 5) is 28.1. The molecule has 2 heterocycles. The molecular formula is C17H31N3O3. The number of rotatable bonds is 2. The summed E-state index contributed by atoms with van der Waals surface area (Å²) in [5.74, 6) is 0.336. The van der Waals surface area contributed by atoms with Gasteiger partial charge in [0, 0.05) is 32.1 Å². The van der Waals surface area contributed by atoms with Crippen molar-refractivity contribution in [3.8, 4) is 0 Å². The molecule has 0 saturated carbocycles. The average molecular weight is 325 g/mol. The predicted octanol–water partition coefficient (Wildman–Crippen LogP) is 1.84. The molecule has 0 spiro atoms. The second-order valence-electron chi connectivity index (χ2n) is 7.62. The van der Waals surface area contributed by atoms with Gasteiger partial charge in [-0.25, -0.2) is 4.79 Å². The van der Waals surface area contributed by atoms with Crippen LogP contribution < -0.4 is 5.32 Å². The normalized spacial score (nSPS) is 22.0. The molecule has 2 saturated heterocycles. The lowest BCUT2D eigenvalue weighted by Crippen LogP contribution is -2.50. The quantitative estimate of drug-likeness (QED) is 0.841. The molecule has 132 valence electrons. The molecule has 2 aliphatic rings. The van der Waals surface area contributed by atoms with Crippen molar-refractivity contribution in [2.24, 2.45) is 5.92 Å². The summed E-state index contributed by atoms with van der Waals surface area (Å²) >= 11 is 0. The molecule has 2 rings (SSSR count). The molecule has 2 aliphatic heterocycles. The van der Waals surface area contributed by atoms with Gasteiger partial charge in [0.2, 0.25) is 5.91 Å². The smallest absolute Gasteiger partial charge is 0.410 e. The zero-order chi connectivity index (χ0) is 17.0. The molecule has 0 aromatic rings. The van der Waals surface area contributed by atoms with Crippen LogP contribution in [0, 0.1) is 5.92 Å². The Hall–Kier alpha value is -1.30. The Morgan fingerprint density at radius 2 is 1.57 bits per heavy atom. The van der Waals surface area contributed by atoms with Gasteiger partial charge in [-0.1, -0.05) is 0 Å². The van der Waals surface area contributed by atoms with Crippen molar-refractivity contribution in [3.05, 3.63) is 0 Å². The van der Waals surface area contributed by atoms with Gasteiger partial charge < -0.3 is 19.9 Å². The van der Waals surface area contributed by atoms with E-state index in [9.17, 15) is 9.59 Å². The number of carbonyl (C=O) groups excluding carboxylic acids is 2. The van der Waals surface area contributed by atoms with Gasteiger partial charge >= 0.3 is 6.09 Å². The Kier molecular flexibility index (Phi) is 5.89. The van der Waals surface area contributed by atoms with Crippen LogP contribution in [0.3, 0.4) is 0 Å². The SMILES string of the molecule is CNC(=O)C1CCN(C2CCN(C(=O)OC(C)(C)C)CC2)CC1. The van der Waals surface area contributed by atoms with Crippen molar-refractivity contribution in [2.45, 2.75) is 58.1 Å². The Balaban J connectivity index is 1.75. The molecule has 0 aliphatic carbocycles. The lowest BCUT2D eigenvalue weighted by Gasteiger charge is -2.41. The highest BCUT2D eigenvalue weighted by molar-refractivity contribution is 5.78. The van der Waals surface area contributed by atoms with Crippen LogP contribution >= 0.6 is 0 Å². The Morgan fingerprint density at radius 1 is 1.00 bits per heavy atom. The van der Waals surface area contributed by atoms with Crippen LogP contribution in [0.15, 0.2) is 0 Å². The van der Waals surface area contributed by atoms with Crippen molar-refractivity contribution >= 4 is 12.0 Å². The summed E-state index contributed by atoms with van der Waals surface area (Å²) in [5.41, 5.74) is -0.435. The highest BCUT2D eigenvalue weighted by atomic mass is 16.6. The molecule has 0 unspecified atom stereocenters. The topological polar surface area (TPSA) is 61.9 Å². The van der Waals surface area contributed by atoms with Crippen molar-refractivity contribution in [2.75, 3.05) is 33.2 Å². The second-order valence-corrected chi connectivity index (χ2v) is 7.62. The molecule has 2 fully saturated rings. The lowest BCUT2D eigenvalue weighted by molar-refractivity contribution is -0.126. The van der Waals surface area contributed by atoms with E-state index in [1.165, 1.54) is 0 Å². The molecule has 0 aromatic carbocycles. The molecule has 0 radical (unpaired) electrons. The summed E-state index contributed by atoms with van der Waals surface area (Å²) in [6.45, 7) is 9.17. The van der Waals surface area contributed by atoms with Crippen LogP contribution in [0.2, 0.25) is 0 Å². The minimum atomic E-state index is -0.435. The van der Waals surface area contributed by atoms with Crippen molar-refractivity contribution in [3.63, 3.8) is 0 Å². The molecule has 1 N–H and O–H groups in total. The first-order valence-electron chi connectivity index (χ1n) is 8.73. The highest BCUT2D eigenvalue weighted by Gasteiger charge is 2.32. The van der Waals surface area contributed by atoms with Crippen LogP contribution in [0.4, 0.5) is 4.79 Å². The van der Waals surface area contributed by atoms with Gasteiger partial charge in [-0.3, -0.25) is 4.79 Å². The van der Waals surface area contributed by atoms with Crippen molar-refractivity contribution < 1.29 is 14.3 Å². The number of hydrogen-bond acceptors (Lipinski definition) is 4. The maximum atomic E-state index is 12.1. The Bertz CT molecular complexity index is 417.